The van der Waals surface area contributed by atoms with Crippen LogP contribution in [-0.2, 0) is 20.1 Å². The summed E-state index contributed by atoms with van der Waals surface area (Å²) >= 11 is 0. The zero-order valence-corrected chi connectivity index (χ0v) is 17.4. The topological polar surface area (TPSA) is 65.5 Å². The lowest BCUT2D eigenvalue weighted by Crippen LogP contribution is -2.42. The molecule has 7 heteroatoms. The Morgan fingerprint density at radius 1 is 1.11 bits per heavy atom. The minimum atomic E-state index is -0.761. The van der Waals surface area contributed by atoms with Crippen LogP contribution in [-0.4, -0.2) is 43.8 Å². The Morgan fingerprint density at radius 3 is 2.30 bits per heavy atom. The van der Waals surface area contributed by atoms with E-state index in [-0.39, 0.29) is 22.2 Å². The van der Waals surface area contributed by atoms with E-state index < -0.39 is 29.1 Å². The average molecular weight is 389 g/mol. The first-order chi connectivity index (χ1) is 12.7. The van der Waals surface area contributed by atoms with Crippen molar-refractivity contribution in [3.8, 4) is 0 Å². The molecule has 3 aliphatic rings. The molecule has 5 nitrogen and oxygen atoms in total. The van der Waals surface area contributed by atoms with Gasteiger partial charge in [0.05, 0.1) is 11.2 Å². The van der Waals surface area contributed by atoms with E-state index in [4.69, 9.17) is 9.31 Å². The number of hydrogen-bond acceptors (Lipinski definition) is 5. The van der Waals surface area contributed by atoms with Gasteiger partial charge in [-0.05, 0) is 59.4 Å². The van der Waals surface area contributed by atoms with Gasteiger partial charge < -0.3 is 9.31 Å². The Hall–Kier alpha value is -1.05. The lowest BCUT2D eigenvalue weighted by molar-refractivity contribution is 0.00578. The van der Waals surface area contributed by atoms with E-state index in [0.717, 1.165) is 37.6 Å². The van der Waals surface area contributed by atoms with E-state index in [0.29, 0.717) is 5.56 Å². The van der Waals surface area contributed by atoms with Crippen molar-refractivity contribution in [2.24, 2.45) is 5.92 Å². The van der Waals surface area contributed by atoms with Crippen LogP contribution in [0.1, 0.15) is 70.2 Å². The lowest BCUT2D eigenvalue weighted by atomic mass is 9.78. The number of Topliss-reactive ketones (excluding diaryl/α,β-unsaturated/α-hetero) is 1. The number of rotatable bonds is 3. The van der Waals surface area contributed by atoms with Gasteiger partial charge in [0, 0.05) is 50.6 Å². The number of hydrogen-bond donors (Lipinski definition) is 0. The van der Waals surface area contributed by atoms with E-state index in [1.165, 1.54) is 0 Å². The highest BCUT2D eigenvalue weighted by atomic mass is 32.2. The summed E-state index contributed by atoms with van der Waals surface area (Å²) in [4.78, 5) is 17.4. The minimum absolute atomic E-state index is 0.0478. The Morgan fingerprint density at radius 2 is 1.70 bits per heavy atom. The first kappa shape index (κ1) is 19.3. The molecular weight excluding hydrogens is 361 g/mol. The van der Waals surface area contributed by atoms with Gasteiger partial charge in [-0.3, -0.25) is 14.0 Å². The van der Waals surface area contributed by atoms with E-state index in [9.17, 15) is 9.00 Å². The Labute approximate surface area is 164 Å². The summed E-state index contributed by atoms with van der Waals surface area (Å²) in [7, 11) is -1.28. The maximum atomic E-state index is 13.1. The molecule has 4 heterocycles. The molecule has 3 fully saturated rings. The Balaban J connectivity index is 1.53. The average Bonchev–Trinajstić information content (AvgIpc) is 2.82. The molecule has 1 aromatic heterocycles. The first-order valence-electron chi connectivity index (χ1n) is 9.92. The molecule has 27 heavy (non-hydrogen) atoms. The summed E-state index contributed by atoms with van der Waals surface area (Å²) < 4.78 is 24.6. The summed E-state index contributed by atoms with van der Waals surface area (Å²) in [5.41, 5.74) is 0.530. The van der Waals surface area contributed by atoms with Crippen molar-refractivity contribution in [1.29, 1.82) is 0 Å². The second-order valence-electron chi connectivity index (χ2n) is 9.13. The number of pyridine rings is 1. The molecule has 0 aromatic carbocycles. The summed E-state index contributed by atoms with van der Waals surface area (Å²) in [6.07, 6.45) is 7.94. The molecule has 0 spiro atoms. The van der Waals surface area contributed by atoms with Gasteiger partial charge in [0.15, 0.2) is 5.78 Å². The lowest BCUT2D eigenvalue weighted by Gasteiger charge is -2.37. The number of carbonyl (C=O) groups is 1. The van der Waals surface area contributed by atoms with Crippen molar-refractivity contribution in [2.75, 3.05) is 0 Å². The Kier molecular flexibility index (Phi) is 4.84. The van der Waals surface area contributed by atoms with Gasteiger partial charge in [-0.15, -0.1) is 0 Å². The number of nitrogens with zero attached hydrogens (tertiary/aromatic N) is 1. The van der Waals surface area contributed by atoms with E-state index in [1.807, 2.05) is 33.8 Å². The van der Waals surface area contributed by atoms with Crippen molar-refractivity contribution in [2.45, 2.75) is 81.5 Å². The summed E-state index contributed by atoms with van der Waals surface area (Å²) in [5.74, 6) is 0.0721. The molecule has 2 unspecified atom stereocenters. The number of aromatic nitrogens is 1. The minimum Gasteiger partial charge on any atom is -0.399 e. The molecule has 3 saturated heterocycles. The van der Waals surface area contributed by atoms with Crippen molar-refractivity contribution >= 4 is 29.2 Å². The molecule has 0 amide bonds. The Bertz CT molecular complexity index is 749. The van der Waals surface area contributed by atoms with E-state index in [2.05, 4.69) is 4.98 Å². The van der Waals surface area contributed by atoms with Crippen LogP contribution >= 0.6 is 0 Å². The predicted octanol–water partition coefficient (Wildman–Crippen LogP) is 2.64. The van der Waals surface area contributed by atoms with Crippen LogP contribution in [0.15, 0.2) is 18.5 Å². The van der Waals surface area contributed by atoms with Gasteiger partial charge in [0.1, 0.15) is 0 Å². The van der Waals surface area contributed by atoms with Gasteiger partial charge >= 0.3 is 7.12 Å². The largest absolute Gasteiger partial charge is 0.496 e. The normalized spacial score (nSPS) is 34.4. The summed E-state index contributed by atoms with van der Waals surface area (Å²) in [6.45, 7) is 8.04. The van der Waals surface area contributed by atoms with Crippen LogP contribution in [0.2, 0.25) is 0 Å². The molecule has 3 aliphatic heterocycles. The number of ketones is 1. The number of carbonyl (C=O) groups excluding carboxylic acids is 1. The smallest absolute Gasteiger partial charge is 0.399 e. The van der Waals surface area contributed by atoms with Crippen molar-refractivity contribution in [3.63, 3.8) is 0 Å². The van der Waals surface area contributed by atoms with Gasteiger partial charge in [0.2, 0.25) is 0 Å². The van der Waals surface area contributed by atoms with Crippen LogP contribution in [0.5, 0.6) is 0 Å². The molecule has 0 radical (unpaired) electrons. The second-order valence-corrected chi connectivity index (χ2v) is 11.1. The monoisotopic (exact) mass is 389 g/mol. The first-order valence-corrected chi connectivity index (χ1v) is 11.2. The molecule has 2 atom stereocenters. The summed E-state index contributed by atoms with van der Waals surface area (Å²) in [5, 5.41) is 0.372. The maximum absolute atomic E-state index is 13.1. The zero-order valence-electron chi connectivity index (χ0n) is 16.6. The van der Waals surface area contributed by atoms with Crippen molar-refractivity contribution < 1.29 is 18.3 Å². The zero-order chi connectivity index (χ0) is 19.4. The van der Waals surface area contributed by atoms with Crippen molar-refractivity contribution in [1.82, 2.24) is 4.98 Å². The fraction of sp³-hybridized carbons (Fsp3) is 0.700. The van der Waals surface area contributed by atoms with Gasteiger partial charge in [-0.1, -0.05) is 6.42 Å². The van der Waals surface area contributed by atoms with Crippen LogP contribution in [0.4, 0.5) is 0 Å². The molecule has 0 saturated carbocycles. The van der Waals surface area contributed by atoms with Gasteiger partial charge in [0.25, 0.3) is 0 Å². The molecule has 2 bridgehead atoms. The molecule has 0 aliphatic carbocycles. The fourth-order valence-electron chi connectivity index (χ4n) is 4.38. The highest BCUT2D eigenvalue weighted by molar-refractivity contribution is 7.86. The quantitative estimate of drug-likeness (QED) is 0.588. The van der Waals surface area contributed by atoms with Crippen LogP contribution < -0.4 is 5.46 Å². The van der Waals surface area contributed by atoms with Gasteiger partial charge in [-0.25, -0.2) is 0 Å². The highest BCUT2D eigenvalue weighted by Crippen LogP contribution is 2.39. The van der Waals surface area contributed by atoms with Crippen LogP contribution in [0.3, 0.4) is 0 Å². The predicted molar refractivity (Wildman–Crippen MR) is 107 cm³/mol. The third kappa shape index (κ3) is 3.43. The molecule has 146 valence electrons. The summed E-state index contributed by atoms with van der Waals surface area (Å²) in [6, 6.07) is 1.86. The number of fused-ring (bicyclic) bond motifs is 2. The van der Waals surface area contributed by atoms with E-state index in [1.54, 1.807) is 12.4 Å². The maximum Gasteiger partial charge on any atom is 0.496 e. The van der Waals surface area contributed by atoms with Crippen LogP contribution in [0, 0.1) is 5.92 Å². The third-order valence-electron chi connectivity index (χ3n) is 6.74. The molecule has 0 N–H and O–H groups in total. The SMILES string of the molecule is CC1(C)OB(c2cncc(C(=O)C3CC4CCCC(C3)S4=O)c2)OC1(C)C. The fourth-order valence-corrected chi connectivity index (χ4v) is 6.57. The third-order valence-corrected chi connectivity index (χ3v) is 8.91. The van der Waals surface area contributed by atoms with Crippen molar-refractivity contribution in [3.05, 3.63) is 24.0 Å². The highest BCUT2D eigenvalue weighted by Gasteiger charge is 2.52. The molecule has 1 aromatic rings. The van der Waals surface area contributed by atoms with E-state index >= 15 is 0 Å². The van der Waals surface area contributed by atoms with Crippen LogP contribution in [0.25, 0.3) is 0 Å². The second kappa shape index (κ2) is 6.78. The standard InChI is InChI=1S/C20H28BNO4S/c1-19(2)20(3,4)26-21(25-19)15-8-14(11-22-12-15)18(23)13-9-16-6-5-7-17(10-13)27(16)24/h8,11-13,16-17H,5-7,9-10H2,1-4H3. The van der Waals surface area contributed by atoms with Gasteiger partial charge in [-0.2, -0.15) is 0 Å². The molecular formula is C20H28BNO4S. The molecule has 4 rings (SSSR count).